The molecule has 0 radical (unpaired) electrons. The SMILES string of the molecule is CC(=O)Nc1ccc(NC(=O)c2cc(-c3ccco3)nc3ccccc23)c(C(F)(F)F)c1. The molecule has 0 saturated heterocycles. The van der Waals surface area contributed by atoms with Crippen molar-refractivity contribution in [1.82, 2.24) is 4.98 Å². The van der Waals surface area contributed by atoms with Crippen LogP contribution >= 0.6 is 0 Å². The Hall–Kier alpha value is -4.14. The van der Waals surface area contributed by atoms with Gasteiger partial charge >= 0.3 is 6.18 Å². The Morgan fingerprint density at radius 2 is 1.75 bits per heavy atom. The number of carbonyl (C=O) groups excluding carboxylic acids is 2. The van der Waals surface area contributed by atoms with Crippen molar-refractivity contribution in [2.45, 2.75) is 13.1 Å². The second-order valence-electron chi connectivity index (χ2n) is 6.94. The molecule has 2 aromatic heterocycles. The van der Waals surface area contributed by atoms with Gasteiger partial charge in [0.2, 0.25) is 5.91 Å². The van der Waals surface area contributed by atoms with Crippen LogP contribution in [-0.4, -0.2) is 16.8 Å². The summed E-state index contributed by atoms with van der Waals surface area (Å²) < 4.78 is 46.3. The topological polar surface area (TPSA) is 84.2 Å². The number of nitrogens with one attached hydrogen (secondary N) is 2. The van der Waals surface area contributed by atoms with Crippen molar-refractivity contribution in [3.05, 3.63) is 78.1 Å². The Morgan fingerprint density at radius 1 is 0.969 bits per heavy atom. The van der Waals surface area contributed by atoms with Crippen LogP contribution in [0.1, 0.15) is 22.8 Å². The van der Waals surface area contributed by atoms with Gasteiger partial charge in [-0.3, -0.25) is 9.59 Å². The zero-order chi connectivity index (χ0) is 22.9. The molecule has 0 aliphatic heterocycles. The molecule has 2 heterocycles. The number of alkyl halides is 3. The fourth-order valence-electron chi connectivity index (χ4n) is 3.27. The number of hydrogen-bond donors (Lipinski definition) is 2. The maximum atomic E-state index is 13.6. The molecular weight excluding hydrogens is 423 g/mol. The summed E-state index contributed by atoms with van der Waals surface area (Å²) in [5.74, 6) is -0.835. The minimum absolute atomic E-state index is 0.0303. The van der Waals surface area contributed by atoms with Gasteiger partial charge in [0.15, 0.2) is 5.76 Å². The van der Waals surface area contributed by atoms with Gasteiger partial charge in [-0.25, -0.2) is 4.98 Å². The zero-order valence-electron chi connectivity index (χ0n) is 16.7. The molecule has 0 aliphatic rings. The van der Waals surface area contributed by atoms with E-state index in [9.17, 15) is 22.8 Å². The van der Waals surface area contributed by atoms with Crippen molar-refractivity contribution in [3.63, 3.8) is 0 Å². The van der Waals surface area contributed by atoms with Crippen molar-refractivity contribution in [2.75, 3.05) is 10.6 Å². The highest BCUT2D eigenvalue weighted by molar-refractivity contribution is 6.13. The number of fused-ring (bicyclic) bond motifs is 1. The third-order valence-corrected chi connectivity index (χ3v) is 4.63. The highest BCUT2D eigenvalue weighted by Crippen LogP contribution is 2.37. The van der Waals surface area contributed by atoms with E-state index in [4.69, 9.17) is 4.42 Å². The molecule has 2 aromatic carbocycles. The van der Waals surface area contributed by atoms with E-state index < -0.39 is 29.2 Å². The van der Waals surface area contributed by atoms with Gasteiger partial charge < -0.3 is 15.1 Å². The van der Waals surface area contributed by atoms with E-state index in [2.05, 4.69) is 15.6 Å². The molecule has 2 N–H and O–H groups in total. The molecule has 32 heavy (non-hydrogen) atoms. The van der Waals surface area contributed by atoms with E-state index >= 15 is 0 Å². The van der Waals surface area contributed by atoms with Crippen molar-refractivity contribution >= 4 is 34.1 Å². The minimum atomic E-state index is -4.75. The van der Waals surface area contributed by atoms with Gasteiger partial charge in [-0.2, -0.15) is 13.2 Å². The largest absolute Gasteiger partial charge is 0.463 e. The Kier molecular flexibility index (Phi) is 5.40. The standard InChI is InChI=1S/C23H16F3N3O3/c1-13(30)27-14-8-9-19(17(11-14)23(24,25)26)29-22(31)16-12-20(21-7-4-10-32-21)28-18-6-3-2-5-15(16)18/h2-12H,1H3,(H,27,30)(H,29,31). The van der Waals surface area contributed by atoms with Gasteiger partial charge in [0, 0.05) is 18.0 Å². The van der Waals surface area contributed by atoms with Crippen LogP contribution in [-0.2, 0) is 11.0 Å². The van der Waals surface area contributed by atoms with Crippen LogP contribution < -0.4 is 10.6 Å². The Bertz CT molecular complexity index is 1320. The molecular formula is C23H16F3N3O3. The van der Waals surface area contributed by atoms with Gasteiger partial charge in [-0.1, -0.05) is 18.2 Å². The number of carbonyl (C=O) groups is 2. The smallest absolute Gasteiger partial charge is 0.418 e. The number of nitrogens with zero attached hydrogens (tertiary/aromatic N) is 1. The second-order valence-corrected chi connectivity index (χ2v) is 6.94. The normalized spacial score (nSPS) is 11.4. The minimum Gasteiger partial charge on any atom is -0.463 e. The number of hydrogen-bond acceptors (Lipinski definition) is 4. The summed E-state index contributed by atoms with van der Waals surface area (Å²) in [5.41, 5.74) is -0.545. The fourth-order valence-corrected chi connectivity index (χ4v) is 3.27. The van der Waals surface area contributed by atoms with E-state index in [1.807, 2.05) is 0 Å². The highest BCUT2D eigenvalue weighted by atomic mass is 19.4. The lowest BCUT2D eigenvalue weighted by molar-refractivity contribution is -0.137. The molecule has 2 amide bonds. The first-order valence-corrected chi connectivity index (χ1v) is 9.46. The number of halogens is 3. The third kappa shape index (κ3) is 4.31. The third-order valence-electron chi connectivity index (χ3n) is 4.63. The van der Waals surface area contributed by atoms with E-state index in [-0.39, 0.29) is 11.3 Å². The summed E-state index contributed by atoms with van der Waals surface area (Å²) in [6, 6.07) is 14.8. The van der Waals surface area contributed by atoms with Crippen LogP contribution in [0.3, 0.4) is 0 Å². The summed E-state index contributed by atoms with van der Waals surface area (Å²) in [6.07, 6.45) is -3.30. The quantitative estimate of drug-likeness (QED) is 0.426. The summed E-state index contributed by atoms with van der Waals surface area (Å²) >= 11 is 0. The molecule has 162 valence electrons. The maximum absolute atomic E-state index is 13.6. The van der Waals surface area contributed by atoms with Gasteiger partial charge in [0.05, 0.1) is 28.6 Å². The number of para-hydroxylation sites is 1. The van der Waals surface area contributed by atoms with E-state index in [0.717, 1.165) is 12.1 Å². The fraction of sp³-hybridized carbons (Fsp3) is 0.0870. The molecule has 0 atom stereocenters. The van der Waals surface area contributed by atoms with Crippen LogP contribution in [0.15, 0.2) is 71.3 Å². The van der Waals surface area contributed by atoms with Crippen LogP contribution in [0.2, 0.25) is 0 Å². The van der Waals surface area contributed by atoms with Crippen molar-refractivity contribution in [1.29, 1.82) is 0 Å². The van der Waals surface area contributed by atoms with Gasteiger partial charge in [0.1, 0.15) is 5.69 Å². The predicted molar refractivity (Wildman–Crippen MR) is 113 cm³/mol. The van der Waals surface area contributed by atoms with E-state index in [0.29, 0.717) is 22.4 Å². The van der Waals surface area contributed by atoms with Crippen LogP contribution in [0.5, 0.6) is 0 Å². The summed E-state index contributed by atoms with van der Waals surface area (Å²) in [5, 5.41) is 5.13. The maximum Gasteiger partial charge on any atom is 0.418 e. The zero-order valence-corrected chi connectivity index (χ0v) is 16.7. The Morgan fingerprint density at radius 3 is 2.44 bits per heavy atom. The van der Waals surface area contributed by atoms with Gasteiger partial charge in [0.25, 0.3) is 5.91 Å². The number of anilines is 2. The molecule has 0 saturated carbocycles. The van der Waals surface area contributed by atoms with Crippen LogP contribution in [0.25, 0.3) is 22.4 Å². The van der Waals surface area contributed by atoms with E-state index in [1.165, 1.54) is 25.3 Å². The number of rotatable bonds is 4. The van der Waals surface area contributed by atoms with Crippen molar-refractivity contribution in [3.8, 4) is 11.5 Å². The molecule has 6 nitrogen and oxygen atoms in total. The Labute approximate surface area is 180 Å². The lowest BCUT2D eigenvalue weighted by atomic mass is 10.1. The highest BCUT2D eigenvalue weighted by Gasteiger charge is 2.34. The van der Waals surface area contributed by atoms with Crippen molar-refractivity contribution < 1.29 is 27.2 Å². The number of furan rings is 1. The number of amides is 2. The molecule has 0 fully saturated rings. The number of pyridine rings is 1. The average molecular weight is 439 g/mol. The average Bonchev–Trinajstić information content (AvgIpc) is 3.28. The van der Waals surface area contributed by atoms with E-state index in [1.54, 1.807) is 36.4 Å². The lowest BCUT2D eigenvalue weighted by Gasteiger charge is -2.16. The first-order valence-electron chi connectivity index (χ1n) is 9.46. The number of aromatic nitrogens is 1. The van der Waals surface area contributed by atoms with Gasteiger partial charge in [-0.05, 0) is 42.5 Å². The molecule has 9 heteroatoms. The first-order chi connectivity index (χ1) is 15.2. The predicted octanol–water partition coefficient (Wildman–Crippen LogP) is 5.72. The number of benzene rings is 2. The van der Waals surface area contributed by atoms with Crippen LogP contribution in [0, 0.1) is 0 Å². The van der Waals surface area contributed by atoms with Crippen molar-refractivity contribution in [2.24, 2.45) is 0 Å². The first kappa shape index (κ1) is 21.1. The summed E-state index contributed by atoms with van der Waals surface area (Å²) in [7, 11) is 0. The molecule has 0 spiro atoms. The molecule has 4 rings (SSSR count). The van der Waals surface area contributed by atoms with Crippen LogP contribution in [0.4, 0.5) is 24.5 Å². The molecule has 0 bridgehead atoms. The second kappa shape index (κ2) is 8.18. The molecule has 4 aromatic rings. The summed E-state index contributed by atoms with van der Waals surface area (Å²) in [4.78, 5) is 28.8. The lowest BCUT2D eigenvalue weighted by Crippen LogP contribution is -2.18. The van der Waals surface area contributed by atoms with Gasteiger partial charge in [-0.15, -0.1) is 0 Å². The monoisotopic (exact) mass is 439 g/mol. The molecule has 0 unspecified atom stereocenters. The molecule has 0 aliphatic carbocycles. The Balaban J connectivity index is 1.77. The summed E-state index contributed by atoms with van der Waals surface area (Å²) in [6.45, 7) is 1.19.